The molecule has 180 valence electrons. The maximum Gasteiger partial charge on any atom is 0.416 e. The number of nitrogens with one attached hydrogen (secondary N) is 2. The third kappa shape index (κ3) is 6.52. The lowest BCUT2D eigenvalue weighted by atomic mass is 9.89. The second-order valence-corrected chi connectivity index (χ2v) is 8.27. The van der Waals surface area contributed by atoms with Crippen molar-refractivity contribution in [1.29, 1.82) is 0 Å². The fourth-order valence-electron chi connectivity index (χ4n) is 4.09. The van der Waals surface area contributed by atoms with E-state index < -0.39 is 35.5 Å². The molecule has 1 aliphatic carbocycles. The van der Waals surface area contributed by atoms with Gasteiger partial charge in [0.15, 0.2) is 5.82 Å². The van der Waals surface area contributed by atoms with Crippen LogP contribution in [0.25, 0.3) is 0 Å². The van der Waals surface area contributed by atoms with Crippen LogP contribution in [0.15, 0.2) is 22.7 Å². The standard InChI is InChI=1S/C22H26F4N4O3/c1-14(31)29-21(10-4-2-3-5-11-21)20-28-19(33-30-20)9-8-18(32)27-13-15-6-7-16(23)12-17(15)22(24,25)26/h6-7,12H,2-5,8-11,13H2,1H3,(H,27,32)(H,29,31). The first-order chi connectivity index (χ1) is 15.6. The molecular weight excluding hydrogens is 444 g/mol. The van der Waals surface area contributed by atoms with E-state index in [0.717, 1.165) is 37.8 Å². The molecule has 0 aliphatic heterocycles. The van der Waals surface area contributed by atoms with Gasteiger partial charge in [0.25, 0.3) is 0 Å². The van der Waals surface area contributed by atoms with Crippen molar-refractivity contribution in [3.05, 3.63) is 46.9 Å². The van der Waals surface area contributed by atoms with Crippen molar-refractivity contribution in [3.63, 3.8) is 0 Å². The van der Waals surface area contributed by atoms with Gasteiger partial charge in [-0.15, -0.1) is 0 Å². The first-order valence-electron chi connectivity index (χ1n) is 10.8. The van der Waals surface area contributed by atoms with Gasteiger partial charge in [-0.3, -0.25) is 9.59 Å². The highest BCUT2D eigenvalue weighted by molar-refractivity contribution is 5.76. The molecule has 1 heterocycles. The number of carbonyl (C=O) groups excluding carboxylic acids is 2. The highest BCUT2D eigenvalue weighted by Crippen LogP contribution is 2.35. The van der Waals surface area contributed by atoms with Crippen molar-refractivity contribution >= 4 is 11.8 Å². The molecule has 1 fully saturated rings. The first kappa shape index (κ1) is 24.7. The SMILES string of the molecule is CC(=O)NC1(c2noc(CCC(=O)NCc3ccc(F)cc3C(F)(F)F)n2)CCCCCC1. The van der Waals surface area contributed by atoms with Crippen LogP contribution >= 0.6 is 0 Å². The number of aryl methyl sites for hydroxylation is 1. The van der Waals surface area contributed by atoms with E-state index in [4.69, 9.17) is 4.52 Å². The quantitative estimate of drug-likeness (QED) is 0.468. The highest BCUT2D eigenvalue weighted by Gasteiger charge is 2.38. The molecule has 1 aromatic heterocycles. The van der Waals surface area contributed by atoms with E-state index in [0.29, 0.717) is 24.7 Å². The molecule has 2 aromatic rings. The highest BCUT2D eigenvalue weighted by atomic mass is 19.4. The molecule has 1 saturated carbocycles. The average molecular weight is 470 g/mol. The number of rotatable bonds is 7. The fraction of sp³-hybridized carbons (Fsp3) is 0.545. The van der Waals surface area contributed by atoms with E-state index >= 15 is 0 Å². The minimum Gasteiger partial charge on any atom is -0.352 e. The molecule has 1 aromatic carbocycles. The molecule has 0 unspecified atom stereocenters. The topological polar surface area (TPSA) is 97.1 Å². The number of carbonyl (C=O) groups is 2. The number of benzene rings is 1. The number of aromatic nitrogens is 2. The zero-order valence-electron chi connectivity index (χ0n) is 18.2. The molecule has 33 heavy (non-hydrogen) atoms. The van der Waals surface area contributed by atoms with E-state index in [1.165, 1.54) is 6.92 Å². The summed E-state index contributed by atoms with van der Waals surface area (Å²) in [5.74, 6) is -1.14. The Balaban J connectivity index is 1.60. The first-order valence-corrected chi connectivity index (χ1v) is 10.8. The van der Waals surface area contributed by atoms with E-state index in [1.807, 2.05) is 0 Å². The van der Waals surface area contributed by atoms with Crippen LogP contribution in [0.2, 0.25) is 0 Å². The van der Waals surface area contributed by atoms with Crippen molar-refractivity contribution in [2.24, 2.45) is 0 Å². The lowest BCUT2D eigenvalue weighted by Crippen LogP contribution is -2.45. The number of hydrogen-bond acceptors (Lipinski definition) is 5. The molecule has 3 rings (SSSR count). The van der Waals surface area contributed by atoms with Gasteiger partial charge in [-0.05, 0) is 30.5 Å². The predicted octanol–water partition coefficient (Wildman–Crippen LogP) is 4.16. The van der Waals surface area contributed by atoms with E-state index in [9.17, 15) is 27.2 Å². The largest absolute Gasteiger partial charge is 0.416 e. The lowest BCUT2D eigenvalue weighted by Gasteiger charge is -2.30. The maximum absolute atomic E-state index is 13.2. The van der Waals surface area contributed by atoms with Crippen LogP contribution in [0, 0.1) is 5.82 Å². The summed E-state index contributed by atoms with van der Waals surface area (Å²) in [6.07, 6.45) is 0.570. The molecule has 0 spiro atoms. The molecule has 0 bridgehead atoms. The van der Waals surface area contributed by atoms with E-state index in [2.05, 4.69) is 20.8 Å². The van der Waals surface area contributed by atoms with Gasteiger partial charge in [0.1, 0.15) is 11.4 Å². The normalized spacial score (nSPS) is 16.2. The summed E-state index contributed by atoms with van der Waals surface area (Å²) in [6, 6.07) is 2.31. The van der Waals surface area contributed by atoms with Gasteiger partial charge in [-0.2, -0.15) is 18.2 Å². The molecule has 0 radical (unpaired) electrons. The van der Waals surface area contributed by atoms with Crippen LogP contribution in [0.4, 0.5) is 17.6 Å². The van der Waals surface area contributed by atoms with Gasteiger partial charge in [-0.25, -0.2) is 4.39 Å². The molecule has 0 saturated heterocycles. The Kier molecular flexibility index (Phi) is 7.70. The van der Waals surface area contributed by atoms with Gasteiger partial charge in [-0.1, -0.05) is 36.9 Å². The summed E-state index contributed by atoms with van der Waals surface area (Å²) >= 11 is 0. The Morgan fingerprint density at radius 2 is 1.85 bits per heavy atom. The van der Waals surface area contributed by atoms with Crippen LogP contribution in [0.5, 0.6) is 0 Å². The summed E-state index contributed by atoms with van der Waals surface area (Å²) in [5, 5.41) is 9.40. The summed E-state index contributed by atoms with van der Waals surface area (Å²) in [4.78, 5) is 28.3. The number of alkyl halides is 3. The van der Waals surface area contributed by atoms with Gasteiger partial charge < -0.3 is 15.2 Å². The van der Waals surface area contributed by atoms with E-state index in [1.54, 1.807) is 0 Å². The fourth-order valence-corrected chi connectivity index (χ4v) is 4.09. The Hall–Kier alpha value is -2.98. The van der Waals surface area contributed by atoms with Gasteiger partial charge in [0.05, 0.1) is 5.56 Å². The summed E-state index contributed by atoms with van der Waals surface area (Å²) < 4.78 is 57.7. The summed E-state index contributed by atoms with van der Waals surface area (Å²) in [6.45, 7) is 1.04. The Labute approximate surface area is 188 Å². The second kappa shape index (κ2) is 10.3. The third-order valence-electron chi connectivity index (χ3n) is 5.69. The lowest BCUT2D eigenvalue weighted by molar-refractivity contribution is -0.138. The molecule has 0 atom stereocenters. The van der Waals surface area contributed by atoms with Crippen LogP contribution in [0.1, 0.15) is 74.7 Å². The molecule has 2 amide bonds. The third-order valence-corrected chi connectivity index (χ3v) is 5.69. The van der Waals surface area contributed by atoms with Crippen molar-refractivity contribution in [1.82, 2.24) is 20.8 Å². The summed E-state index contributed by atoms with van der Waals surface area (Å²) in [5.41, 5.74) is -2.07. The Morgan fingerprint density at radius 3 is 2.48 bits per heavy atom. The summed E-state index contributed by atoms with van der Waals surface area (Å²) in [7, 11) is 0. The molecule has 7 nitrogen and oxygen atoms in total. The molecule has 1 aliphatic rings. The minimum atomic E-state index is -4.73. The van der Waals surface area contributed by atoms with Gasteiger partial charge >= 0.3 is 6.18 Å². The van der Waals surface area contributed by atoms with Gasteiger partial charge in [0, 0.05) is 26.3 Å². The van der Waals surface area contributed by atoms with Crippen LogP contribution in [-0.2, 0) is 34.3 Å². The maximum atomic E-state index is 13.2. The van der Waals surface area contributed by atoms with Crippen molar-refractivity contribution in [2.45, 2.75) is 76.6 Å². The zero-order valence-corrected chi connectivity index (χ0v) is 18.2. The Morgan fingerprint density at radius 1 is 1.15 bits per heavy atom. The molecular formula is C22H26F4N4O3. The van der Waals surface area contributed by atoms with Crippen molar-refractivity contribution in [3.8, 4) is 0 Å². The van der Waals surface area contributed by atoms with Crippen molar-refractivity contribution in [2.75, 3.05) is 0 Å². The van der Waals surface area contributed by atoms with Crippen LogP contribution in [0.3, 0.4) is 0 Å². The average Bonchev–Trinajstić information content (AvgIpc) is 3.10. The van der Waals surface area contributed by atoms with Crippen LogP contribution < -0.4 is 10.6 Å². The number of amides is 2. The van der Waals surface area contributed by atoms with Crippen LogP contribution in [-0.4, -0.2) is 22.0 Å². The zero-order chi connectivity index (χ0) is 24.1. The van der Waals surface area contributed by atoms with Crippen molar-refractivity contribution < 1.29 is 31.7 Å². The Bertz CT molecular complexity index is 982. The predicted molar refractivity (Wildman–Crippen MR) is 109 cm³/mol. The molecule has 11 heteroatoms. The molecule has 2 N–H and O–H groups in total. The monoisotopic (exact) mass is 470 g/mol. The second-order valence-electron chi connectivity index (χ2n) is 8.27. The van der Waals surface area contributed by atoms with E-state index in [-0.39, 0.29) is 30.2 Å². The van der Waals surface area contributed by atoms with Gasteiger partial charge in [0.2, 0.25) is 17.7 Å². The number of hydrogen-bond donors (Lipinski definition) is 2. The number of nitrogens with zero attached hydrogens (tertiary/aromatic N) is 2. The minimum absolute atomic E-state index is 0.0860. The number of halogens is 4. The smallest absolute Gasteiger partial charge is 0.352 e.